The second-order valence-corrected chi connectivity index (χ2v) is 10.6. The molecule has 1 fully saturated rings. The molecule has 4 nitrogen and oxygen atoms in total. The third-order valence-electron chi connectivity index (χ3n) is 4.91. The SMILES string of the molecule is Cc1cccc(COc2c(Br)cc(/C=C3\SC(=O)N(Cc4ccc(Cl)cc4)C3=O)cc2Br)c1. The highest BCUT2D eigenvalue weighted by molar-refractivity contribution is 9.11. The van der Waals surface area contributed by atoms with Gasteiger partial charge in [-0.1, -0.05) is 53.6 Å². The number of hydrogen-bond donors (Lipinski definition) is 0. The van der Waals surface area contributed by atoms with Gasteiger partial charge in [-0.05, 0) is 97.6 Å². The molecular formula is C25H18Br2ClNO3S. The van der Waals surface area contributed by atoms with Gasteiger partial charge in [-0.3, -0.25) is 14.5 Å². The van der Waals surface area contributed by atoms with Crippen molar-refractivity contribution in [1.29, 1.82) is 0 Å². The van der Waals surface area contributed by atoms with E-state index in [1.807, 2.05) is 37.3 Å². The summed E-state index contributed by atoms with van der Waals surface area (Å²) in [5.41, 5.74) is 3.86. The Morgan fingerprint density at radius 2 is 1.70 bits per heavy atom. The number of rotatable bonds is 6. The summed E-state index contributed by atoms with van der Waals surface area (Å²) in [4.78, 5) is 26.9. The number of hydrogen-bond acceptors (Lipinski definition) is 4. The lowest BCUT2D eigenvalue weighted by Crippen LogP contribution is -2.27. The van der Waals surface area contributed by atoms with E-state index in [1.54, 1.807) is 30.3 Å². The van der Waals surface area contributed by atoms with Crippen LogP contribution >= 0.6 is 55.2 Å². The first-order valence-electron chi connectivity index (χ1n) is 9.97. The minimum Gasteiger partial charge on any atom is -0.487 e. The van der Waals surface area contributed by atoms with Crippen molar-refractivity contribution in [2.24, 2.45) is 0 Å². The van der Waals surface area contributed by atoms with E-state index in [0.29, 0.717) is 22.3 Å². The molecular weight excluding hydrogens is 590 g/mol. The maximum absolute atomic E-state index is 12.9. The van der Waals surface area contributed by atoms with Crippen molar-refractivity contribution >= 4 is 72.4 Å². The van der Waals surface area contributed by atoms with E-state index < -0.39 is 0 Å². The Morgan fingerprint density at radius 3 is 2.36 bits per heavy atom. The standard InChI is InChI=1S/C25H18Br2ClNO3S/c1-15-3-2-4-17(9-15)14-32-23-20(26)10-18(11-21(23)27)12-22-24(30)29(25(31)33-22)13-16-5-7-19(28)8-6-16/h2-12H,13-14H2,1H3/b22-12-. The number of carbonyl (C=O) groups excluding carboxylic acids is 2. The minimum absolute atomic E-state index is 0.207. The fourth-order valence-electron chi connectivity index (χ4n) is 3.32. The predicted molar refractivity (Wildman–Crippen MR) is 140 cm³/mol. The topological polar surface area (TPSA) is 46.6 Å². The van der Waals surface area contributed by atoms with Crippen LogP contribution in [0.5, 0.6) is 5.75 Å². The maximum atomic E-state index is 12.9. The predicted octanol–water partition coefficient (Wildman–Crippen LogP) is 7.99. The van der Waals surface area contributed by atoms with Crippen molar-refractivity contribution in [3.05, 3.63) is 102 Å². The van der Waals surface area contributed by atoms with Gasteiger partial charge in [-0.25, -0.2) is 0 Å². The average molecular weight is 608 g/mol. The van der Waals surface area contributed by atoms with Crippen LogP contribution in [0.1, 0.15) is 22.3 Å². The first-order valence-corrected chi connectivity index (χ1v) is 12.8. The zero-order valence-corrected chi connectivity index (χ0v) is 22.2. The molecule has 1 aliphatic heterocycles. The monoisotopic (exact) mass is 605 g/mol. The quantitative estimate of drug-likeness (QED) is 0.267. The third kappa shape index (κ3) is 5.90. The second kappa shape index (κ2) is 10.5. The Balaban J connectivity index is 1.49. The molecule has 0 aromatic heterocycles. The number of aryl methyl sites for hydroxylation is 1. The summed E-state index contributed by atoms with van der Waals surface area (Å²) >= 11 is 14.0. The van der Waals surface area contributed by atoms with Crippen LogP contribution in [0, 0.1) is 6.92 Å². The molecule has 0 spiro atoms. The van der Waals surface area contributed by atoms with E-state index in [1.165, 1.54) is 10.5 Å². The van der Waals surface area contributed by atoms with Crippen molar-refractivity contribution in [2.45, 2.75) is 20.1 Å². The van der Waals surface area contributed by atoms with E-state index in [2.05, 4.69) is 37.9 Å². The summed E-state index contributed by atoms with van der Waals surface area (Å²) in [6.07, 6.45) is 1.71. The number of benzene rings is 3. The second-order valence-electron chi connectivity index (χ2n) is 7.49. The molecule has 3 aromatic rings. The molecule has 0 unspecified atom stereocenters. The molecule has 1 heterocycles. The van der Waals surface area contributed by atoms with Crippen LogP contribution in [0.4, 0.5) is 4.79 Å². The summed E-state index contributed by atoms with van der Waals surface area (Å²) in [5.74, 6) is 0.358. The first kappa shape index (κ1) is 24.1. The van der Waals surface area contributed by atoms with Crippen molar-refractivity contribution in [1.82, 2.24) is 4.90 Å². The molecule has 33 heavy (non-hydrogen) atoms. The van der Waals surface area contributed by atoms with Gasteiger partial charge in [0.15, 0.2) is 0 Å². The smallest absolute Gasteiger partial charge is 0.293 e. The Kier molecular flexibility index (Phi) is 7.64. The molecule has 1 aliphatic rings. The highest BCUT2D eigenvalue weighted by atomic mass is 79.9. The van der Waals surface area contributed by atoms with Crippen molar-refractivity contribution in [3.63, 3.8) is 0 Å². The fraction of sp³-hybridized carbons (Fsp3) is 0.120. The average Bonchev–Trinajstić information content (AvgIpc) is 3.02. The Bertz CT molecular complexity index is 1240. The van der Waals surface area contributed by atoms with Gasteiger partial charge >= 0.3 is 0 Å². The van der Waals surface area contributed by atoms with E-state index in [0.717, 1.165) is 37.4 Å². The van der Waals surface area contributed by atoms with Crippen molar-refractivity contribution in [2.75, 3.05) is 0 Å². The lowest BCUT2D eigenvalue weighted by atomic mass is 10.1. The van der Waals surface area contributed by atoms with Crippen LogP contribution in [0.15, 0.2) is 74.5 Å². The molecule has 2 amide bonds. The molecule has 3 aromatic carbocycles. The van der Waals surface area contributed by atoms with Gasteiger partial charge in [0.05, 0.1) is 20.4 Å². The molecule has 0 bridgehead atoms. The molecule has 0 atom stereocenters. The number of thioether (sulfide) groups is 1. The van der Waals surface area contributed by atoms with E-state index in [-0.39, 0.29) is 17.7 Å². The van der Waals surface area contributed by atoms with Gasteiger partial charge in [-0.15, -0.1) is 0 Å². The fourth-order valence-corrected chi connectivity index (χ4v) is 5.73. The van der Waals surface area contributed by atoms with Gasteiger partial charge < -0.3 is 4.74 Å². The molecule has 4 rings (SSSR count). The summed E-state index contributed by atoms with van der Waals surface area (Å²) in [6, 6.07) is 19.0. The van der Waals surface area contributed by atoms with Crippen LogP contribution in [-0.4, -0.2) is 16.0 Å². The number of carbonyl (C=O) groups is 2. The van der Waals surface area contributed by atoms with Crippen LogP contribution in [0.3, 0.4) is 0 Å². The lowest BCUT2D eigenvalue weighted by Gasteiger charge is -2.13. The molecule has 0 saturated carbocycles. The van der Waals surface area contributed by atoms with Crippen LogP contribution in [-0.2, 0) is 17.9 Å². The Hall–Kier alpha value is -2.06. The summed E-state index contributed by atoms with van der Waals surface area (Å²) < 4.78 is 7.50. The van der Waals surface area contributed by atoms with Gasteiger partial charge in [0.2, 0.25) is 0 Å². The largest absolute Gasteiger partial charge is 0.487 e. The highest BCUT2D eigenvalue weighted by Crippen LogP contribution is 2.38. The molecule has 0 N–H and O–H groups in total. The summed E-state index contributed by atoms with van der Waals surface area (Å²) in [6.45, 7) is 2.68. The van der Waals surface area contributed by atoms with E-state index >= 15 is 0 Å². The van der Waals surface area contributed by atoms with Crippen LogP contribution in [0.25, 0.3) is 6.08 Å². The normalized spacial score (nSPS) is 14.9. The number of amides is 2. The summed E-state index contributed by atoms with van der Waals surface area (Å²) in [7, 11) is 0. The van der Waals surface area contributed by atoms with Crippen molar-refractivity contribution in [3.8, 4) is 5.75 Å². The van der Waals surface area contributed by atoms with Gasteiger partial charge in [0, 0.05) is 5.02 Å². The zero-order valence-electron chi connectivity index (χ0n) is 17.5. The Morgan fingerprint density at radius 1 is 1.00 bits per heavy atom. The minimum atomic E-state index is -0.313. The Labute approximate surface area is 218 Å². The van der Waals surface area contributed by atoms with Gasteiger partial charge in [0.25, 0.3) is 11.1 Å². The maximum Gasteiger partial charge on any atom is 0.293 e. The number of nitrogens with zero attached hydrogens (tertiary/aromatic N) is 1. The third-order valence-corrected chi connectivity index (χ3v) is 7.25. The molecule has 0 aliphatic carbocycles. The molecule has 168 valence electrons. The van der Waals surface area contributed by atoms with Gasteiger partial charge in [0.1, 0.15) is 12.4 Å². The van der Waals surface area contributed by atoms with E-state index in [4.69, 9.17) is 16.3 Å². The molecule has 0 radical (unpaired) electrons. The molecule has 1 saturated heterocycles. The van der Waals surface area contributed by atoms with Crippen LogP contribution in [0.2, 0.25) is 5.02 Å². The number of halogens is 3. The summed E-state index contributed by atoms with van der Waals surface area (Å²) in [5, 5.41) is 0.313. The van der Waals surface area contributed by atoms with Crippen LogP contribution < -0.4 is 4.74 Å². The zero-order chi connectivity index (χ0) is 23.5. The first-order chi connectivity index (χ1) is 15.8. The number of ether oxygens (including phenoxy) is 1. The van der Waals surface area contributed by atoms with E-state index in [9.17, 15) is 9.59 Å². The highest BCUT2D eigenvalue weighted by Gasteiger charge is 2.35. The van der Waals surface area contributed by atoms with Crippen molar-refractivity contribution < 1.29 is 14.3 Å². The van der Waals surface area contributed by atoms with Gasteiger partial charge in [-0.2, -0.15) is 0 Å². The number of imide groups is 1. The lowest BCUT2D eigenvalue weighted by molar-refractivity contribution is -0.123. The molecule has 8 heteroatoms.